The molecule has 3 heterocycles. The third-order valence-corrected chi connectivity index (χ3v) is 7.08. The van der Waals surface area contributed by atoms with Crippen molar-refractivity contribution in [2.75, 3.05) is 11.4 Å². The Bertz CT molecular complexity index is 773. The minimum Gasteiger partial charge on any atom is -0.349 e. The number of sulfonamides is 1. The highest BCUT2D eigenvalue weighted by Crippen LogP contribution is 2.37. The molecule has 1 aliphatic heterocycles. The first kappa shape index (κ1) is 18.4. The zero-order chi connectivity index (χ0) is 17.9. The van der Waals surface area contributed by atoms with E-state index >= 15 is 0 Å². The summed E-state index contributed by atoms with van der Waals surface area (Å²) < 4.78 is 27.6. The Kier molecular flexibility index (Phi) is 5.76. The molecule has 1 N–H and O–H groups in total. The van der Waals surface area contributed by atoms with E-state index in [1.807, 2.05) is 19.9 Å². The van der Waals surface area contributed by atoms with Crippen LogP contribution in [0, 0.1) is 0 Å². The summed E-state index contributed by atoms with van der Waals surface area (Å²) in [5.41, 5.74) is 0. The van der Waals surface area contributed by atoms with Crippen molar-refractivity contribution in [3.63, 3.8) is 0 Å². The third kappa shape index (κ3) is 4.22. The van der Waals surface area contributed by atoms with Gasteiger partial charge in [0, 0.05) is 23.7 Å². The second-order valence-electron chi connectivity index (χ2n) is 6.53. The van der Waals surface area contributed by atoms with Crippen molar-refractivity contribution in [3.8, 4) is 0 Å². The lowest BCUT2D eigenvalue weighted by Gasteiger charge is -2.25. The van der Waals surface area contributed by atoms with Crippen LogP contribution in [0.4, 0.5) is 5.82 Å². The largest absolute Gasteiger partial charge is 0.349 e. The molecule has 0 amide bonds. The Hall–Kier alpha value is -1.44. The predicted molar refractivity (Wildman–Crippen MR) is 103 cm³/mol. The summed E-state index contributed by atoms with van der Waals surface area (Å²) in [7, 11) is -3.51. The zero-order valence-corrected chi connectivity index (χ0v) is 16.3. The van der Waals surface area contributed by atoms with Gasteiger partial charge in [0.1, 0.15) is 10.7 Å². The van der Waals surface area contributed by atoms with E-state index < -0.39 is 10.0 Å². The van der Waals surface area contributed by atoms with Crippen LogP contribution in [0.5, 0.6) is 0 Å². The highest BCUT2D eigenvalue weighted by Gasteiger charge is 2.28. The second kappa shape index (κ2) is 7.85. The van der Waals surface area contributed by atoms with Crippen LogP contribution in [0.15, 0.2) is 40.7 Å². The molecule has 0 radical (unpaired) electrons. The average Bonchev–Trinajstić information content (AvgIpc) is 3.26. The number of pyridine rings is 1. The molecule has 1 aliphatic rings. The van der Waals surface area contributed by atoms with E-state index in [1.165, 1.54) is 11.1 Å². The van der Waals surface area contributed by atoms with Crippen molar-refractivity contribution in [3.05, 3.63) is 40.7 Å². The summed E-state index contributed by atoms with van der Waals surface area (Å²) >= 11 is 1.76. The first-order valence-electron chi connectivity index (χ1n) is 8.79. The molecule has 136 valence electrons. The minimum absolute atomic E-state index is 0.0727. The highest BCUT2D eigenvalue weighted by molar-refractivity contribution is 7.89. The molecule has 0 saturated carbocycles. The lowest BCUT2D eigenvalue weighted by molar-refractivity contribution is 0.543. The number of thiophene rings is 1. The molecule has 0 bridgehead atoms. The van der Waals surface area contributed by atoms with Crippen molar-refractivity contribution in [2.45, 2.75) is 56.5 Å². The van der Waals surface area contributed by atoms with Crippen molar-refractivity contribution in [2.24, 2.45) is 0 Å². The standard InChI is InChI=1S/C18H25N3O2S2/c1-3-6-14(2)20-25(22,23)15-9-10-18(19-13-15)21-11-4-7-16(21)17-8-5-12-24-17/h5,8-10,12-14,16,20H,3-4,6-7,11H2,1-2H3. The van der Waals surface area contributed by atoms with Gasteiger partial charge in [0.2, 0.25) is 10.0 Å². The Labute approximate surface area is 154 Å². The monoisotopic (exact) mass is 379 g/mol. The highest BCUT2D eigenvalue weighted by atomic mass is 32.2. The van der Waals surface area contributed by atoms with E-state index in [2.05, 4.69) is 32.1 Å². The lowest BCUT2D eigenvalue weighted by atomic mass is 10.2. The van der Waals surface area contributed by atoms with Crippen LogP contribution >= 0.6 is 11.3 Å². The fourth-order valence-electron chi connectivity index (χ4n) is 3.34. The van der Waals surface area contributed by atoms with Crippen molar-refractivity contribution in [1.82, 2.24) is 9.71 Å². The number of anilines is 1. The van der Waals surface area contributed by atoms with Crippen LogP contribution in [0.2, 0.25) is 0 Å². The Balaban J connectivity index is 1.76. The predicted octanol–water partition coefficient (Wildman–Crippen LogP) is 3.95. The summed E-state index contributed by atoms with van der Waals surface area (Å²) in [5.74, 6) is 0.844. The lowest BCUT2D eigenvalue weighted by Crippen LogP contribution is -2.32. The van der Waals surface area contributed by atoms with E-state index in [0.29, 0.717) is 6.04 Å². The number of aromatic nitrogens is 1. The van der Waals surface area contributed by atoms with Crippen LogP contribution in [-0.4, -0.2) is 26.0 Å². The normalized spacial score (nSPS) is 19.3. The van der Waals surface area contributed by atoms with Gasteiger partial charge in [0.15, 0.2) is 0 Å². The first-order chi connectivity index (χ1) is 12.0. The van der Waals surface area contributed by atoms with Gasteiger partial charge in [0.05, 0.1) is 6.04 Å². The fraction of sp³-hybridized carbons (Fsp3) is 0.500. The molecule has 3 rings (SSSR count). The van der Waals surface area contributed by atoms with Crippen molar-refractivity contribution in [1.29, 1.82) is 0 Å². The summed E-state index contributed by atoms with van der Waals surface area (Å²) in [4.78, 5) is 8.29. The molecule has 2 unspecified atom stereocenters. The summed E-state index contributed by atoms with van der Waals surface area (Å²) in [6.45, 7) is 4.88. The molecular formula is C18H25N3O2S2. The summed E-state index contributed by atoms with van der Waals surface area (Å²) in [5, 5.41) is 2.10. The van der Waals surface area contributed by atoms with Gasteiger partial charge in [-0.3, -0.25) is 0 Å². The average molecular weight is 380 g/mol. The van der Waals surface area contributed by atoms with Gasteiger partial charge in [-0.1, -0.05) is 19.4 Å². The maximum absolute atomic E-state index is 12.4. The van der Waals surface area contributed by atoms with Crippen LogP contribution in [0.3, 0.4) is 0 Å². The molecule has 5 nitrogen and oxygen atoms in total. The number of hydrogen-bond donors (Lipinski definition) is 1. The molecule has 2 aromatic heterocycles. The molecule has 0 spiro atoms. The zero-order valence-electron chi connectivity index (χ0n) is 14.7. The van der Waals surface area contributed by atoms with E-state index in [9.17, 15) is 8.42 Å². The quantitative estimate of drug-likeness (QED) is 0.791. The third-order valence-electron chi connectivity index (χ3n) is 4.53. The van der Waals surface area contributed by atoms with Gasteiger partial charge >= 0.3 is 0 Å². The van der Waals surface area contributed by atoms with E-state index in [4.69, 9.17) is 0 Å². The van der Waals surface area contributed by atoms with Crippen molar-refractivity contribution < 1.29 is 8.42 Å². The van der Waals surface area contributed by atoms with Crippen LogP contribution in [-0.2, 0) is 10.0 Å². The molecule has 25 heavy (non-hydrogen) atoms. The topological polar surface area (TPSA) is 62.3 Å². The molecule has 0 aromatic carbocycles. The molecule has 2 atom stereocenters. The Morgan fingerprint density at radius 2 is 2.24 bits per heavy atom. The number of rotatable bonds is 7. The van der Waals surface area contributed by atoms with Crippen LogP contribution < -0.4 is 9.62 Å². The van der Waals surface area contributed by atoms with Gasteiger partial charge in [-0.15, -0.1) is 11.3 Å². The molecule has 1 saturated heterocycles. The van der Waals surface area contributed by atoms with E-state index in [1.54, 1.807) is 17.4 Å². The van der Waals surface area contributed by atoms with Crippen LogP contribution in [0.1, 0.15) is 50.4 Å². The maximum atomic E-state index is 12.4. The van der Waals surface area contributed by atoms with Gasteiger partial charge in [0.25, 0.3) is 0 Å². The van der Waals surface area contributed by atoms with Gasteiger partial charge in [-0.05, 0) is 49.8 Å². The molecule has 0 aliphatic carbocycles. The van der Waals surface area contributed by atoms with Crippen LogP contribution in [0.25, 0.3) is 0 Å². The van der Waals surface area contributed by atoms with E-state index in [0.717, 1.165) is 38.0 Å². The minimum atomic E-state index is -3.51. The molecule has 7 heteroatoms. The van der Waals surface area contributed by atoms with E-state index in [-0.39, 0.29) is 10.9 Å². The first-order valence-corrected chi connectivity index (χ1v) is 11.2. The molecule has 1 fully saturated rings. The van der Waals surface area contributed by atoms with Crippen molar-refractivity contribution >= 4 is 27.2 Å². The Morgan fingerprint density at radius 1 is 1.40 bits per heavy atom. The number of nitrogens with zero attached hydrogens (tertiary/aromatic N) is 2. The second-order valence-corrected chi connectivity index (χ2v) is 9.22. The van der Waals surface area contributed by atoms with Gasteiger partial charge < -0.3 is 4.90 Å². The van der Waals surface area contributed by atoms with Gasteiger partial charge in [-0.2, -0.15) is 0 Å². The van der Waals surface area contributed by atoms with Gasteiger partial charge in [-0.25, -0.2) is 18.1 Å². The molecular weight excluding hydrogens is 354 g/mol. The maximum Gasteiger partial charge on any atom is 0.242 e. The molecule has 2 aromatic rings. The number of hydrogen-bond acceptors (Lipinski definition) is 5. The summed E-state index contributed by atoms with van der Waals surface area (Å²) in [6, 6.07) is 7.99. The Morgan fingerprint density at radius 3 is 2.88 bits per heavy atom. The number of nitrogens with one attached hydrogen (secondary N) is 1. The summed E-state index contributed by atoms with van der Waals surface area (Å²) in [6.07, 6.45) is 5.47. The smallest absolute Gasteiger partial charge is 0.242 e. The SMILES string of the molecule is CCCC(C)NS(=O)(=O)c1ccc(N2CCCC2c2cccs2)nc1. The fourth-order valence-corrected chi connectivity index (χ4v) is 5.44.